The number of hydrogen-bond donors (Lipinski definition) is 12. The first-order valence-corrected chi connectivity index (χ1v) is 40.6. The number of aliphatic hydroxyl groups is 11. The summed E-state index contributed by atoms with van der Waals surface area (Å²) in [4.78, 5) is 13.5. The van der Waals surface area contributed by atoms with Crippen molar-refractivity contribution in [2.24, 2.45) is 0 Å². The van der Waals surface area contributed by atoms with Crippen molar-refractivity contribution in [3.63, 3.8) is 0 Å². The topological polar surface area (TPSA) is 307 Å². The molecule has 600 valence electrons. The Bertz CT molecular complexity index is 2470. The van der Waals surface area contributed by atoms with Crippen LogP contribution in [0.2, 0.25) is 0 Å². The summed E-state index contributed by atoms with van der Waals surface area (Å²) in [6.45, 7) is 1.59. The summed E-state index contributed by atoms with van der Waals surface area (Å²) in [5, 5.41) is 121. The summed E-state index contributed by atoms with van der Waals surface area (Å²) in [5.74, 6) is -0.304. The fourth-order valence-corrected chi connectivity index (χ4v) is 12.6. The van der Waals surface area contributed by atoms with Crippen molar-refractivity contribution in [1.82, 2.24) is 5.32 Å². The first-order chi connectivity index (χ1) is 51.3. The number of rotatable bonds is 62. The van der Waals surface area contributed by atoms with Crippen LogP contribution in [-0.2, 0) is 33.2 Å². The summed E-state index contributed by atoms with van der Waals surface area (Å²) >= 11 is 0. The first-order valence-electron chi connectivity index (χ1n) is 40.6. The van der Waals surface area contributed by atoms with Crippen LogP contribution in [0.4, 0.5) is 0 Å². The van der Waals surface area contributed by atoms with Crippen molar-refractivity contribution in [3.8, 4) is 0 Å². The normalized spacial score (nSPS) is 26.6. The predicted molar refractivity (Wildman–Crippen MR) is 419 cm³/mol. The van der Waals surface area contributed by atoms with E-state index in [1.54, 1.807) is 6.08 Å². The fourth-order valence-electron chi connectivity index (χ4n) is 12.6. The largest absolute Gasteiger partial charge is 0.394 e. The zero-order valence-electron chi connectivity index (χ0n) is 64.1. The summed E-state index contributed by atoms with van der Waals surface area (Å²) < 4.78 is 34.4. The molecule has 0 bridgehead atoms. The van der Waals surface area contributed by atoms with E-state index in [1.165, 1.54) is 103 Å². The minimum Gasteiger partial charge on any atom is -0.394 e. The van der Waals surface area contributed by atoms with Gasteiger partial charge in [0.15, 0.2) is 18.9 Å². The van der Waals surface area contributed by atoms with Gasteiger partial charge in [-0.05, 0) is 109 Å². The summed E-state index contributed by atoms with van der Waals surface area (Å²) in [6.07, 6.45) is 66.8. The molecule has 0 radical (unpaired) electrons. The van der Waals surface area contributed by atoms with Gasteiger partial charge in [0, 0.05) is 6.42 Å². The molecule has 19 heteroatoms. The van der Waals surface area contributed by atoms with E-state index >= 15 is 0 Å². The monoisotopic (exact) mass is 1480 g/mol. The lowest BCUT2D eigenvalue weighted by Crippen LogP contribution is -2.66. The molecule has 17 atom stereocenters. The standard InChI is InChI=1S/C86H143NO18/c1-3-5-7-9-11-13-15-17-19-21-23-25-27-28-29-30-31-32-33-34-35-36-37-38-39-40-42-44-46-48-50-52-54-56-58-60-62-64-74(92)87-69(70(91)63-61-59-57-55-53-51-49-47-45-43-41-26-24-22-20-18-16-14-12-10-8-6-4-2)68-100-84-80(98)77(95)82(72(66-89)102-84)105-86-81(99)78(96)83(73(67-90)103-86)104-85-79(97)76(94)75(93)71(65-88)101-85/h5,7,11,13,17,19,23,25,28-29,31-32,34-35,37-38,40,42,46,48,53,55,61,63,69-73,75-86,88-91,93-99H,3-4,6,8-10,12,14-16,18,20-22,24,26-27,30,33,36,39,41,43-45,47,49-52,54,56-60,62,64-68H2,1-2H3,(H,87,92)/b7-5-,13-11-,19-17-,25-23-,29-28-,32-31-,35-34-,38-37-,42-40-,48-46-,55-53+,63-61+. The third-order valence-corrected chi connectivity index (χ3v) is 19.1. The average molecular weight is 1480 g/mol. The van der Waals surface area contributed by atoms with Gasteiger partial charge in [0.25, 0.3) is 0 Å². The molecular weight excluding hydrogens is 1330 g/mol. The number of hydrogen-bond acceptors (Lipinski definition) is 18. The summed E-state index contributed by atoms with van der Waals surface area (Å²) in [5.41, 5.74) is 0. The SMILES string of the molecule is CC/C=C\C/C=C\C/C=C\C/C=C\C/C=C\C/C=C\C/C=C\C/C=C\C/C=C\C/C=C\CCCCCCCCC(=O)NC(COC1OC(CO)C(OC2OC(CO)C(OC3OC(CO)C(O)C(O)C3O)C(O)C2O)C(O)C1O)C(O)/C=C/CC/C=C/CCCCCCCCCCCCCCCCCCC. The molecule has 3 saturated heterocycles. The molecule has 19 nitrogen and oxygen atoms in total. The van der Waals surface area contributed by atoms with Crippen LogP contribution in [0.1, 0.15) is 258 Å². The van der Waals surface area contributed by atoms with E-state index in [2.05, 4.69) is 153 Å². The van der Waals surface area contributed by atoms with Crippen LogP contribution in [0.15, 0.2) is 146 Å². The van der Waals surface area contributed by atoms with Crippen LogP contribution < -0.4 is 5.32 Å². The van der Waals surface area contributed by atoms with Gasteiger partial charge in [-0.3, -0.25) is 4.79 Å². The minimum atomic E-state index is -1.99. The Labute approximate surface area is 632 Å². The maximum absolute atomic E-state index is 13.5. The first kappa shape index (κ1) is 94.9. The van der Waals surface area contributed by atoms with E-state index in [-0.39, 0.29) is 18.9 Å². The zero-order valence-corrected chi connectivity index (χ0v) is 64.1. The Balaban J connectivity index is 1.39. The molecular formula is C86H143NO18. The van der Waals surface area contributed by atoms with E-state index in [9.17, 15) is 61.0 Å². The lowest BCUT2D eigenvalue weighted by atomic mass is 9.96. The molecule has 3 aliphatic heterocycles. The molecule has 0 aromatic heterocycles. The number of unbranched alkanes of at least 4 members (excludes halogenated alkanes) is 24. The maximum atomic E-state index is 13.5. The molecule has 3 rings (SSSR count). The molecule has 3 aliphatic rings. The number of carbonyl (C=O) groups is 1. The molecule has 1 amide bonds. The predicted octanol–water partition coefficient (Wildman–Crippen LogP) is 13.8. The Morgan fingerprint density at radius 1 is 0.352 bits per heavy atom. The van der Waals surface area contributed by atoms with Crippen molar-refractivity contribution >= 4 is 5.91 Å². The minimum absolute atomic E-state index is 0.209. The van der Waals surface area contributed by atoms with Gasteiger partial charge in [0.05, 0.1) is 38.6 Å². The van der Waals surface area contributed by atoms with Crippen molar-refractivity contribution in [2.75, 3.05) is 26.4 Å². The van der Waals surface area contributed by atoms with E-state index in [1.807, 2.05) is 6.08 Å². The Hall–Kier alpha value is -4.33. The van der Waals surface area contributed by atoms with E-state index in [0.717, 1.165) is 122 Å². The second kappa shape index (κ2) is 64.5. The number of aliphatic hydroxyl groups excluding tert-OH is 11. The van der Waals surface area contributed by atoms with Crippen molar-refractivity contribution in [2.45, 2.75) is 362 Å². The Morgan fingerprint density at radius 2 is 0.667 bits per heavy atom. The van der Waals surface area contributed by atoms with Gasteiger partial charge in [-0.2, -0.15) is 0 Å². The molecule has 0 spiro atoms. The highest BCUT2D eigenvalue weighted by molar-refractivity contribution is 5.76. The third-order valence-electron chi connectivity index (χ3n) is 19.1. The van der Waals surface area contributed by atoms with E-state index in [0.29, 0.717) is 12.8 Å². The second-order valence-electron chi connectivity index (χ2n) is 28.1. The average Bonchev–Trinajstić information content (AvgIpc) is 0.779. The third kappa shape index (κ3) is 44.2. The molecule has 3 fully saturated rings. The van der Waals surface area contributed by atoms with Gasteiger partial charge in [-0.25, -0.2) is 0 Å². The van der Waals surface area contributed by atoms with Gasteiger partial charge in [-0.15, -0.1) is 0 Å². The number of allylic oxidation sites excluding steroid dienone is 23. The van der Waals surface area contributed by atoms with Crippen LogP contribution in [0, 0.1) is 0 Å². The van der Waals surface area contributed by atoms with Crippen LogP contribution in [0.3, 0.4) is 0 Å². The Morgan fingerprint density at radius 3 is 1.07 bits per heavy atom. The number of carbonyl (C=O) groups excluding carboxylic acids is 1. The highest BCUT2D eigenvalue weighted by atomic mass is 16.8. The van der Waals surface area contributed by atoms with Gasteiger partial charge >= 0.3 is 0 Å². The van der Waals surface area contributed by atoms with Gasteiger partial charge in [-0.1, -0.05) is 288 Å². The highest BCUT2D eigenvalue weighted by Crippen LogP contribution is 2.33. The molecule has 0 saturated carbocycles. The molecule has 17 unspecified atom stereocenters. The summed E-state index contributed by atoms with van der Waals surface area (Å²) in [7, 11) is 0. The molecule has 3 heterocycles. The highest BCUT2D eigenvalue weighted by Gasteiger charge is 2.54. The smallest absolute Gasteiger partial charge is 0.220 e. The van der Waals surface area contributed by atoms with Crippen molar-refractivity contribution in [3.05, 3.63) is 146 Å². The van der Waals surface area contributed by atoms with Gasteiger partial charge < -0.3 is 89.9 Å². The van der Waals surface area contributed by atoms with E-state index < -0.39 is 124 Å². The van der Waals surface area contributed by atoms with Crippen LogP contribution >= 0.6 is 0 Å². The van der Waals surface area contributed by atoms with Crippen molar-refractivity contribution < 1.29 is 89.4 Å². The lowest BCUT2D eigenvalue weighted by molar-refractivity contribution is -0.379. The quantitative estimate of drug-likeness (QED) is 0.0199. The number of nitrogens with one attached hydrogen (secondary N) is 1. The van der Waals surface area contributed by atoms with Crippen LogP contribution in [-0.4, -0.2) is 193 Å². The molecule has 0 aromatic rings. The molecule has 105 heavy (non-hydrogen) atoms. The van der Waals surface area contributed by atoms with E-state index in [4.69, 9.17) is 28.4 Å². The van der Waals surface area contributed by atoms with Gasteiger partial charge in [0.2, 0.25) is 5.91 Å². The van der Waals surface area contributed by atoms with Gasteiger partial charge in [0.1, 0.15) is 73.2 Å². The fraction of sp³-hybridized carbons (Fsp3) is 0.709. The molecule has 0 aliphatic carbocycles. The van der Waals surface area contributed by atoms with Crippen LogP contribution in [0.25, 0.3) is 0 Å². The number of ether oxygens (including phenoxy) is 6. The maximum Gasteiger partial charge on any atom is 0.220 e. The summed E-state index contributed by atoms with van der Waals surface area (Å²) in [6, 6.07) is -1.01. The Kier molecular flexibility index (Phi) is 58.3. The van der Waals surface area contributed by atoms with Crippen LogP contribution in [0.5, 0.6) is 0 Å². The number of amides is 1. The molecule has 12 N–H and O–H groups in total. The lowest BCUT2D eigenvalue weighted by Gasteiger charge is -2.48. The second-order valence-corrected chi connectivity index (χ2v) is 28.1. The molecule has 0 aromatic carbocycles. The zero-order chi connectivity index (χ0) is 76.0. The van der Waals surface area contributed by atoms with Crippen molar-refractivity contribution in [1.29, 1.82) is 0 Å².